The second-order valence-electron chi connectivity index (χ2n) is 13.6. The van der Waals surface area contributed by atoms with Crippen LogP contribution in [0.3, 0.4) is 0 Å². The summed E-state index contributed by atoms with van der Waals surface area (Å²) in [5, 5.41) is 11.9. The minimum Gasteiger partial charge on any atom is -0.475 e. The average molecular weight is 644 g/mol. The summed E-state index contributed by atoms with van der Waals surface area (Å²) in [5.74, 6) is -1.42. The summed E-state index contributed by atoms with van der Waals surface area (Å²) in [6, 6.07) is 12.4. The molecule has 46 heavy (non-hydrogen) atoms. The molecule has 2 aromatic carbocycles. The van der Waals surface area contributed by atoms with E-state index in [-0.39, 0.29) is 24.6 Å². The Morgan fingerprint density at radius 3 is 2.83 bits per heavy atom. The Morgan fingerprint density at radius 1 is 1.15 bits per heavy atom. The van der Waals surface area contributed by atoms with Crippen LogP contribution in [0.1, 0.15) is 55.2 Å². The first-order valence-electron chi connectivity index (χ1n) is 16.4. The number of carbonyl (C=O) groups excluding carboxylic acids is 1. The first-order chi connectivity index (χ1) is 22.3. The smallest absolute Gasteiger partial charge is 0.282 e. The molecular formula is C36H36ClF2N5O2. The van der Waals surface area contributed by atoms with E-state index in [2.05, 4.69) is 40.6 Å². The molecule has 4 atom stereocenters. The summed E-state index contributed by atoms with van der Waals surface area (Å²) in [4.78, 5) is 23.3. The first-order valence-corrected chi connectivity index (χ1v) is 16.8. The number of nitriles is 1. The van der Waals surface area contributed by atoms with Crippen LogP contribution in [0.25, 0.3) is 22.0 Å². The number of hydrogen-bond acceptors (Lipinski definition) is 6. The van der Waals surface area contributed by atoms with Gasteiger partial charge in [-0.3, -0.25) is 9.69 Å². The molecule has 1 amide bonds. The van der Waals surface area contributed by atoms with Gasteiger partial charge in [0.15, 0.2) is 5.83 Å². The molecule has 0 bridgehead atoms. The maximum atomic E-state index is 14.6. The van der Waals surface area contributed by atoms with Crippen molar-refractivity contribution in [2.24, 2.45) is 0 Å². The van der Waals surface area contributed by atoms with Crippen LogP contribution >= 0.6 is 11.6 Å². The molecule has 0 unspecified atom stereocenters. The van der Waals surface area contributed by atoms with Gasteiger partial charge >= 0.3 is 0 Å². The van der Waals surface area contributed by atoms with Gasteiger partial charge in [-0.2, -0.15) is 5.26 Å². The minimum atomic E-state index is -0.966. The summed E-state index contributed by atoms with van der Waals surface area (Å²) < 4.78 is 34.9. The second kappa shape index (κ2) is 11.2. The first kappa shape index (κ1) is 29.6. The van der Waals surface area contributed by atoms with Crippen LogP contribution in [-0.4, -0.2) is 77.3 Å². The van der Waals surface area contributed by atoms with E-state index in [1.54, 1.807) is 4.90 Å². The summed E-state index contributed by atoms with van der Waals surface area (Å²) >= 11 is 7.08. The molecule has 1 aromatic heterocycles. The van der Waals surface area contributed by atoms with E-state index < -0.39 is 23.4 Å². The van der Waals surface area contributed by atoms with Gasteiger partial charge in [0.1, 0.15) is 24.4 Å². The molecule has 0 spiro atoms. The molecule has 0 radical (unpaired) electrons. The number of likely N-dealkylation sites (tertiary alicyclic amines) is 1. The lowest BCUT2D eigenvalue weighted by Gasteiger charge is -2.48. The molecule has 5 heterocycles. The van der Waals surface area contributed by atoms with Crippen LogP contribution < -0.4 is 9.64 Å². The molecule has 1 aliphatic carbocycles. The number of carbonyl (C=O) groups is 1. The number of rotatable bonds is 6. The van der Waals surface area contributed by atoms with E-state index in [9.17, 15) is 18.8 Å². The lowest BCUT2D eigenvalue weighted by atomic mass is 9.85. The Balaban J connectivity index is 1.24. The van der Waals surface area contributed by atoms with E-state index in [1.165, 1.54) is 17.5 Å². The minimum absolute atomic E-state index is 0.0977. The third-order valence-corrected chi connectivity index (χ3v) is 11.4. The van der Waals surface area contributed by atoms with Crippen molar-refractivity contribution in [2.45, 2.75) is 75.2 Å². The van der Waals surface area contributed by atoms with Gasteiger partial charge in [0.2, 0.25) is 5.88 Å². The van der Waals surface area contributed by atoms with Crippen molar-refractivity contribution in [1.82, 2.24) is 14.8 Å². The van der Waals surface area contributed by atoms with Crippen molar-refractivity contribution in [2.75, 3.05) is 37.7 Å². The lowest BCUT2D eigenvalue weighted by Crippen LogP contribution is -2.63. The molecule has 4 fully saturated rings. The number of anilines is 1. The molecule has 8 rings (SSSR count). The fraction of sp³-hybridized carbons (Fsp3) is 0.472. The number of halogens is 3. The molecule has 0 N–H and O–H groups in total. The van der Waals surface area contributed by atoms with E-state index in [4.69, 9.17) is 21.3 Å². The van der Waals surface area contributed by atoms with E-state index in [0.29, 0.717) is 54.3 Å². The van der Waals surface area contributed by atoms with Crippen LogP contribution in [0, 0.1) is 11.3 Å². The van der Waals surface area contributed by atoms with Crippen molar-refractivity contribution in [1.29, 1.82) is 5.26 Å². The topological polar surface area (TPSA) is 72.7 Å². The quantitative estimate of drug-likeness (QED) is 0.284. The van der Waals surface area contributed by atoms with Gasteiger partial charge in [-0.25, -0.2) is 13.8 Å². The number of aromatic nitrogens is 1. The highest BCUT2D eigenvalue weighted by atomic mass is 35.5. The molecule has 4 saturated heterocycles. The zero-order valence-corrected chi connectivity index (χ0v) is 26.5. The highest BCUT2D eigenvalue weighted by Crippen LogP contribution is 2.47. The van der Waals surface area contributed by atoms with Crippen LogP contribution in [0.15, 0.2) is 42.7 Å². The monoisotopic (exact) mass is 643 g/mol. The second-order valence-corrected chi connectivity index (χ2v) is 14.0. The highest BCUT2D eigenvalue weighted by molar-refractivity contribution is 6.34. The van der Waals surface area contributed by atoms with Gasteiger partial charge in [0, 0.05) is 42.0 Å². The molecular weight excluding hydrogens is 608 g/mol. The Morgan fingerprint density at radius 2 is 2.00 bits per heavy atom. The summed E-state index contributed by atoms with van der Waals surface area (Å²) in [5.41, 5.74) is 5.86. The highest BCUT2D eigenvalue weighted by Gasteiger charge is 2.51. The Hall–Kier alpha value is -3.74. The van der Waals surface area contributed by atoms with Gasteiger partial charge in [-0.05, 0) is 80.3 Å². The third-order valence-electron chi connectivity index (χ3n) is 11.1. The molecule has 0 saturated carbocycles. The predicted octanol–water partition coefficient (Wildman–Crippen LogP) is 6.53. The number of hydrogen-bond donors (Lipinski definition) is 0. The van der Waals surface area contributed by atoms with Crippen molar-refractivity contribution in [3.8, 4) is 23.1 Å². The van der Waals surface area contributed by atoms with Gasteiger partial charge < -0.3 is 14.5 Å². The Bertz CT molecular complexity index is 1830. The summed E-state index contributed by atoms with van der Waals surface area (Å²) in [6.07, 6.45) is 6.32. The van der Waals surface area contributed by atoms with Gasteiger partial charge in [0.05, 0.1) is 28.8 Å². The fourth-order valence-corrected chi connectivity index (χ4v) is 9.19. The van der Waals surface area contributed by atoms with Gasteiger partial charge in [0.25, 0.3) is 5.91 Å². The number of amides is 1. The average Bonchev–Trinajstić information content (AvgIpc) is 3.68. The van der Waals surface area contributed by atoms with E-state index in [1.807, 2.05) is 12.1 Å². The molecule has 5 aliphatic rings. The maximum Gasteiger partial charge on any atom is 0.282 e. The Kier molecular flexibility index (Phi) is 7.22. The summed E-state index contributed by atoms with van der Waals surface area (Å²) in [7, 11) is 0. The van der Waals surface area contributed by atoms with Crippen molar-refractivity contribution >= 4 is 34.1 Å². The number of fused-ring (bicyclic) bond motifs is 4. The molecule has 3 aromatic rings. The normalized spacial score (nSPS) is 26.8. The SMILES string of the molecule is C=C(F)C(=O)N1CC[C@@H]2[C@H]1CN2c1c(C#N)c(OC[C@@]23CCCN2C[C@H](F)C3)nc2cc(-c3cccc4c3CCCC4)c(Cl)cc12. The van der Waals surface area contributed by atoms with E-state index in [0.717, 1.165) is 55.2 Å². The third kappa shape index (κ3) is 4.59. The largest absolute Gasteiger partial charge is 0.475 e. The number of alkyl halides is 1. The molecule has 10 heteroatoms. The lowest BCUT2D eigenvalue weighted by molar-refractivity contribution is -0.130. The molecule has 7 nitrogen and oxygen atoms in total. The number of nitrogens with zero attached hydrogens (tertiary/aromatic N) is 5. The predicted molar refractivity (Wildman–Crippen MR) is 174 cm³/mol. The zero-order valence-electron chi connectivity index (χ0n) is 25.7. The standard InChI is InChI=1S/C36H36ClF2N5O2/c1-21(38)35(45)43-13-10-31-32(43)19-44(31)33-27-14-29(37)26(25-9-4-7-22-6-2-3-8-24(22)25)15-30(27)41-34(28(33)17-40)46-20-36-11-5-12-42(36)18-23(39)16-36/h4,7,9,14-15,23,31-32H,1-3,5-6,8,10-13,16,18-20H2/t23-,31-,32-,36+/m1/s1. The number of pyridine rings is 1. The van der Waals surface area contributed by atoms with Crippen molar-refractivity contribution in [3.05, 3.63) is 64.5 Å². The fourth-order valence-electron chi connectivity index (χ4n) is 8.93. The van der Waals surface area contributed by atoms with Gasteiger partial charge in [-0.15, -0.1) is 0 Å². The molecule has 4 aliphatic heterocycles. The van der Waals surface area contributed by atoms with Crippen molar-refractivity contribution < 1.29 is 18.3 Å². The zero-order chi connectivity index (χ0) is 31.7. The van der Waals surface area contributed by atoms with E-state index >= 15 is 0 Å². The number of benzene rings is 2. The van der Waals surface area contributed by atoms with Crippen molar-refractivity contribution in [3.63, 3.8) is 0 Å². The van der Waals surface area contributed by atoms with Crippen LogP contribution in [0.5, 0.6) is 5.88 Å². The van der Waals surface area contributed by atoms with Gasteiger partial charge in [-0.1, -0.05) is 36.4 Å². The summed E-state index contributed by atoms with van der Waals surface area (Å²) in [6.45, 7) is 5.55. The molecule has 238 valence electrons. The number of aryl methyl sites for hydroxylation is 1. The number of ether oxygens (including phenoxy) is 1. The Labute approximate surface area is 272 Å². The van der Waals surface area contributed by atoms with Crippen LogP contribution in [-0.2, 0) is 17.6 Å². The van der Waals surface area contributed by atoms with Crippen LogP contribution in [0.4, 0.5) is 14.5 Å². The maximum absolute atomic E-state index is 14.6. The van der Waals surface area contributed by atoms with Crippen LogP contribution in [0.2, 0.25) is 5.02 Å².